The summed E-state index contributed by atoms with van der Waals surface area (Å²) in [5.41, 5.74) is 1.94. The van der Waals surface area contributed by atoms with E-state index in [9.17, 15) is 32.7 Å². The number of methoxy groups -OCH3 is 1. The number of amides is 2. The number of aromatic hydroxyl groups is 1. The second kappa shape index (κ2) is 9.10. The fraction of sp³-hybridized carbons (Fsp3) is 0.480. The summed E-state index contributed by atoms with van der Waals surface area (Å²) in [5, 5.41) is 12.0. The maximum Gasteiger partial charge on any atom is 0.274 e. The zero-order chi connectivity index (χ0) is 27.7. The van der Waals surface area contributed by atoms with Gasteiger partial charge in [0.15, 0.2) is 11.4 Å². The van der Waals surface area contributed by atoms with Crippen molar-refractivity contribution in [3.63, 3.8) is 0 Å². The van der Waals surface area contributed by atoms with Crippen molar-refractivity contribution in [3.05, 3.63) is 62.8 Å². The number of fused-ring (bicyclic) bond motifs is 5. The molecule has 4 heterocycles. The van der Waals surface area contributed by atoms with E-state index in [4.69, 9.17) is 15.3 Å². The summed E-state index contributed by atoms with van der Waals surface area (Å²) in [6.07, 6.45) is 1.15. The number of primary amides is 1. The molecule has 3 aliphatic heterocycles. The molecule has 1 unspecified atom stereocenters. The first kappa shape index (κ1) is 26.2. The standard InChI is InChI=1S/C25H27F3N4O6/c1-11-4-5-25(12(2)24(37-3)32(38-25)9-14-16(27)6-13(26)7-17(14)28)18-10-30(11)23(36)19-21(34)20(33)15(22(29)35)8-31(18)19/h6-8,11-12,18,24,34H,4-5,9-10H2,1-3H3,(H2,29,35)/t11-,12-,18+,24?,25-/m0/s1. The molecule has 2 amide bonds. The third-order valence-corrected chi connectivity index (χ3v) is 8.12. The highest BCUT2D eigenvalue weighted by Crippen LogP contribution is 2.52. The first-order valence-corrected chi connectivity index (χ1v) is 12.1. The summed E-state index contributed by atoms with van der Waals surface area (Å²) >= 11 is 0. The van der Waals surface area contributed by atoms with Gasteiger partial charge in [-0.2, -0.15) is 5.06 Å². The van der Waals surface area contributed by atoms with Crippen LogP contribution in [0.15, 0.2) is 23.1 Å². The zero-order valence-electron chi connectivity index (χ0n) is 20.9. The van der Waals surface area contributed by atoms with Gasteiger partial charge in [0.05, 0.1) is 12.6 Å². The van der Waals surface area contributed by atoms with Crippen molar-refractivity contribution in [2.45, 2.75) is 57.1 Å². The van der Waals surface area contributed by atoms with Crippen molar-refractivity contribution >= 4 is 11.8 Å². The van der Waals surface area contributed by atoms with Gasteiger partial charge in [0.25, 0.3) is 11.8 Å². The van der Waals surface area contributed by atoms with Gasteiger partial charge in [-0.3, -0.25) is 19.2 Å². The fourth-order valence-electron chi connectivity index (χ4n) is 6.08. The molecule has 3 aliphatic rings. The lowest BCUT2D eigenvalue weighted by molar-refractivity contribution is -0.253. The molecule has 0 saturated carbocycles. The molecule has 5 rings (SSSR count). The second-order valence-corrected chi connectivity index (χ2v) is 10.1. The number of hydrogen-bond donors (Lipinski definition) is 2. The Morgan fingerprint density at radius 1 is 1.24 bits per heavy atom. The van der Waals surface area contributed by atoms with Crippen LogP contribution in [0.2, 0.25) is 0 Å². The van der Waals surface area contributed by atoms with Crippen LogP contribution >= 0.6 is 0 Å². The first-order valence-electron chi connectivity index (χ1n) is 12.1. The van der Waals surface area contributed by atoms with Crippen molar-refractivity contribution in [3.8, 4) is 5.75 Å². The summed E-state index contributed by atoms with van der Waals surface area (Å²) in [5.74, 6) is -6.26. The third kappa shape index (κ3) is 3.71. The second-order valence-electron chi connectivity index (χ2n) is 10.1. The quantitative estimate of drug-likeness (QED) is 0.612. The average molecular weight is 537 g/mol. The van der Waals surface area contributed by atoms with Crippen molar-refractivity contribution in [2.75, 3.05) is 13.7 Å². The Morgan fingerprint density at radius 2 is 1.89 bits per heavy atom. The zero-order valence-corrected chi connectivity index (χ0v) is 20.9. The maximum absolute atomic E-state index is 14.5. The largest absolute Gasteiger partial charge is 0.503 e. The number of aromatic nitrogens is 1. The van der Waals surface area contributed by atoms with E-state index >= 15 is 0 Å². The van der Waals surface area contributed by atoms with Crippen LogP contribution in [0, 0.1) is 23.4 Å². The smallest absolute Gasteiger partial charge is 0.274 e. The van der Waals surface area contributed by atoms with Gasteiger partial charge in [0, 0.05) is 49.5 Å². The highest BCUT2D eigenvalue weighted by Gasteiger charge is 2.61. The van der Waals surface area contributed by atoms with Crippen LogP contribution in [0.1, 0.15) is 59.1 Å². The molecule has 13 heteroatoms. The molecule has 10 nitrogen and oxygen atoms in total. The predicted molar refractivity (Wildman–Crippen MR) is 125 cm³/mol. The Hall–Kier alpha value is -3.42. The van der Waals surface area contributed by atoms with Crippen LogP contribution < -0.4 is 11.2 Å². The Bertz CT molecular complexity index is 1380. The fourth-order valence-corrected chi connectivity index (χ4v) is 6.08. The first-order chi connectivity index (χ1) is 17.9. The van der Waals surface area contributed by atoms with Gasteiger partial charge < -0.3 is 25.0 Å². The Kier molecular flexibility index (Phi) is 6.27. The van der Waals surface area contributed by atoms with Crippen molar-refractivity contribution in [1.82, 2.24) is 14.5 Å². The number of hydroxylamine groups is 2. The third-order valence-electron chi connectivity index (χ3n) is 8.12. The number of rotatable bonds is 4. The number of carbonyl (C=O) groups excluding carboxylic acids is 2. The van der Waals surface area contributed by atoms with Crippen molar-refractivity contribution in [2.24, 2.45) is 11.7 Å². The van der Waals surface area contributed by atoms with Crippen LogP contribution in [-0.4, -0.2) is 63.0 Å². The number of carbonyl (C=O) groups is 2. The molecule has 2 bridgehead atoms. The van der Waals surface area contributed by atoms with E-state index in [-0.39, 0.29) is 18.3 Å². The van der Waals surface area contributed by atoms with E-state index in [0.29, 0.717) is 25.0 Å². The molecule has 1 spiro atoms. The van der Waals surface area contributed by atoms with Gasteiger partial charge in [-0.15, -0.1) is 0 Å². The van der Waals surface area contributed by atoms with Crippen LogP contribution in [-0.2, 0) is 16.1 Å². The molecule has 3 N–H and O–H groups in total. The van der Waals surface area contributed by atoms with E-state index in [1.165, 1.54) is 21.6 Å². The van der Waals surface area contributed by atoms with Crippen molar-refractivity contribution in [1.29, 1.82) is 0 Å². The predicted octanol–water partition coefficient (Wildman–Crippen LogP) is 2.04. The number of benzene rings is 1. The molecule has 2 saturated heterocycles. The molecule has 2 aromatic rings. The van der Waals surface area contributed by atoms with Gasteiger partial charge in [0.1, 0.15) is 34.8 Å². The molecule has 0 radical (unpaired) electrons. The normalized spacial score (nSPS) is 29.0. The number of pyridine rings is 1. The summed E-state index contributed by atoms with van der Waals surface area (Å²) in [7, 11) is 1.41. The molecule has 0 aliphatic carbocycles. The van der Waals surface area contributed by atoms with Gasteiger partial charge in [-0.1, -0.05) is 6.92 Å². The minimum atomic E-state index is -1.16. The molecule has 204 valence electrons. The number of halogens is 3. The summed E-state index contributed by atoms with van der Waals surface area (Å²) in [4.78, 5) is 46.0. The van der Waals surface area contributed by atoms with E-state index in [2.05, 4.69) is 0 Å². The topological polar surface area (TPSA) is 127 Å². The van der Waals surface area contributed by atoms with Crippen LogP contribution in [0.4, 0.5) is 13.2 Å². The molecule has 2 fully saturated rings. The van der Waals surface area contributed by atoms with Crippen LogP contribution in [0.3, 0.4) is 0 Å². The van der Waals surface area contributed by atoms with Crippen LogP contribution in [0.5, 0.6) is 5.75 Å². The number of hydrogen-bond acceptors (Lipinski definition) is 7. The molecular formula is C25H27F3N4O6. The summed E-state index contributed by atoms with van der Waals surface area (Å²) in [6.45, 7) is 3.33. The Morgan fingerprint density at radius 3 is 2.50 bits per heavy atom. The molecular weight excluding hydrogens is 509 g/mol. The molecule has 38 heavy (non-hydrogen) atoms. The van der Waals surface area contributed by atoms with E-state index in [1.54, 1.807) is 0 Å². The van der Waals surface area contributed by atoms with Gasteiger partial charge in [-0.05, 0) is 19.8 Å². The molecule has 5 atom stereocenters. The number of ether oxygens (including phenoxy) is 1. The lowest BCUT2D eigenvalue weighted by atomic mass is 9.78. The summed E-state index contributed by atoms with van der Waals surface area (Å²) < 4.78 is 49.6. The van der Waals surface area contributed by atoms with Crippen LogP contribution in [0.25, 0.3) is 0 Å². The maximum atomic E-state index is 14.5. The highest BCUT2D eigenvalue weighted by molar-refractivity contribution is 5.99. The molecule has 1 aromatic carbocycles. The average Bonchev–Trinajstić information content (AvgIpc) is 3.04. The Balaban J connectivity index is 1.66. The highest BCUT2D eigenvalue weighted by atomic mass is 19.1. The van der Waals surface area contributed by atoms with Gasteiger partial charge in [-0.25, -0.2) is 13.2 Å². The lowest BCUT2D eigenvalue weighted by Gasteiger charge is -2.44. The number of nitrogens with two attached hydrogens (primary N) is 1. The van der Waals surface area contributed by atoms with Gasteiger partial charge in [0.2, 0.25) is 5.43 Å². The monoisotopic (exact) mass is 536 g/mol. The SMILES string of the molecule is COC1[C@H](C)[C@]2(CC[C@H](C)N3C[C@H]2n2cc(C(N)=O)c(=O)c(O)c2C3=O)ON1Cc1c(F)cc(F)cc1F. The van der Waals surface area contributed by atoms with E-state index in [0.717, 1.165) is 6.20 Å². The molecule has 1 aromatic heterocycles. The minimum Gasteiger partial charge on any atom is -0.503 e. The minimum absolute atomic E-state index is 0.0986. The van der Waals surface area contributed by atoms with E-state index < -0.39 is 81.9 Å². The Labute approximate surface area is 215 Å². The van der Waals surface area contributed by atoms with E-state index in [1.807, 2.05) is 13.8 Å². The summed E-state index contributed by atoms with van der Waals surface area (Å²) in [6, 6.07) is 0.106. The lowest BCUT2D eigenvalue weighted by Crippen LogP contribution is -2.54. The number of nitrogens with zero attached hydrogens (tertiary/aromatic N) is 3. The van der Waals surface area contributed by atoms with Crippen molar-refractivity contribution < 1.29 is 37.4 Å². The van der Waals surface area contributed by atoms with Gasteiger partial charge >= 0.3 is 0 Å².